The fourth-order valence-corrected chi connectivity index (χ4v) is 1.65. The number of aromatic nitrogens is 1. The minimum atomic E-state index is 0.753. The van der Waals surface area contributed by atoms with Crippen LogP contribution in [0.2, 0.25) is 5.02 Å². The second-order valence-electron chi connectivity index (χ2n) is 3.58. The molecule has 0 atom stereocenters. The summed E-state index contributed by atoms with van der Waals surface area (Å²) in [4.78, 5) is 4.37. The minimum absolute atomic E-state index is 0.753. The quantitative estimate of drug-likeness (QED) is 0.880. The van der Waals surface area contributed by atoms with E-state index in [9.17, 15) is 0 Å². The first kappa shape index (κ1) is 11.1. The molecule has 16 heavy (non-hydrogen) atoms. The zero-order chi connectivity index (χ0) is 11.4. The maximum atomic E-state index is 5.84. The van der Waals surface area contributed by atoms with Crippen molar-refractivity contribution in [2.24, 2.45) is 0 Å². The maximum Gasteiger partial charge on any atom is 0.0542 e. The van der Waals surface area contributed by atoms with E-state index < -0.39 is 0 Å². The lowest BCUT2D eigenvalue weighted by Gasteiger charge is -2.03. The molecule has 0 fully saturated rings. The summed E-state index contributed by atoms with van der Waals surface area (Å²) in [6.45, 7) is 0.793. The zero-order valence-corrected chi connectivity index (χ0v) is 9.83. The summed E-state index contributed by atoms with van der Waals surface area (Å²) in [5.74, 6) is 0. The van der Waals surface area contributed by atoms with Crippen LogP contribution in [0.4, 0.5) is 0 Å². The van der Waals surface area contributed by atoms with Gasteiger partial charge in [0.15, 0.2) is 0 Å². The Morgan fingerprint density at radius 2 is 1.75 bits per heavy atom. The molecule has 1 aromatic heterocycles. The topological polar surface area (TPSA) is 24.9 Å². The number of hydrogen-bond acceptors (Lipinski definition) is 2. The van der Waals surface area contributed by atoms with Crippen LogP contribution in [0, 0.1) is 0 Å². The summed E-state index contributed by atoms with van der Waals surface area (Å²) in [7, 11) is 1.91. The molecule has 0 radical (unpaired) electrons. The van der Waals surface area contributed by atoms with Gasteiger partial charge in [0.05, 0.1) is 5.69 Å². The van der Waals surface area contributed by atoms with Gasteiger partial charge >= 0.3 is 0 Å². The lowest BCUT2D eigenvalue weighted by Crippen LogP contribution is -2.06. The van der Waals surface area contributed by atoms with Gasteiger partial charge in [0.1, 0.15) is 0 Å². The van der Waals surface area contributed by atoms with Gasteiger partial charge in [-0.1, -0.05) is 29.8 Å². The normalized spacial score (nSPS) is 10.4. The summed E-state index contributed by atoms with van der Waals surface area (Å²) in [6, 6.07) is 11.9. The highest BCUT2D eigenvalue weighted by Gasteiger charge is 1.98. The Morgan fingerprint density at radius 3 is 2.31 bits per heavy atom. The third-order valence-corrected chi connectivity index (χ3v) is 2.61. The lowest BCUT2D eigenvalue weighted by atomic mass is 10.1. The van der Waals surface area contributed by atoms with E-state index in [0.29, 0.717) is 0 Å². The summed E-state index contributed by atoms with van der Waals surface area (Å²) in [5, 5.41) is 3.82. The molecule has 0 bridgehead atoms. The van der Waals surface area contributed by atoms with Gasteiger partial charge in [0.2, 0.25) is 0 Å². The third kappa shape index (κ3) is 2.60. The summed E-state index contributed by atoms with van der Waals surface area (Å²) >= 11 is 5.84. The van der Waals surface area contributed by atoms with Gasteiger partial charge in [-0.2, -0.15) is 0 Å². The molecule has 2 aromatic rings. The van der Waals surface area contributed by atoms with E-state index in [4.69, 9.17) is 11.6 Å². The first-order valence-electron chi connectivity index (χ1n) is 5.15. The van der Waals surface area contributed by atoms with Gasteiger partial charge in [-0.15, -0.1) is 0 Å². The number of nitrogens with one attached hydrogen (secondary N) is 1. The minimum Gasteiger partial charge on any atom is -0.314 e. The molecular weight excluding hydrogens is 220 g/mol. The van der Waals surface area contributed by atoms with Gasteiger partial charge in [0, 0.05) is 23.3 Å². The van der Waals surface area contributed by atoms with Crippen LogP contribution in [0.15, 0.2) is 42.6 Å². The molecule has 2 rings (SSSR count). The van der Waals surface area contributed by atoms with E-state index >= 15 is 0 Å². The molecule has 1 aromatic carbocycles. The Kier molecular flexibility index (Phi) is 3.54. The fraction of sp³-hybridized carbons (Fsp3) is 0.154. The Hall–Kier alpha value is -1.38. The highest BCUT2D eigenvalue weighted by Crippen LogP contribution is 2.20. The first-order chi connectivity index (χ1) is 7.79. The molecule has 82 valence electrons. The molecule has 1 N–H and O–H groups in total. The smallest absolute Gasteiger partial charge is 0.0542 e. The van der Waals surface area contributed by atoms with Gasteiger partial charge in [-0.25, -0.2) is 0 Å². The molecule has 0 aliphatic carbocycles. The molecule has 0 saturated heterocycles. The van der Waals surface area contributed by atoms with Crippen LogP contribution < -0.4 is 5.32 Å². The average molecular weight is 233 g/mol. The monoisotopic (exact) mass is 232 g/mol. The molecule has 0 aliphatic heterocycles. The van der Waals surface area contributed by atoms with Crippen molar-refractivity contribution in [3.05, 3.63) is 53.3 Å². The SMILES string of the molecule is CNCc1ccc(-c2ccc(Cl)cc2)cn1. The van der Waals surface area contributed by atoms with Crippen LogP contribution >= 0.6 is 11.6 Å². The molecule has 3 heteroatoms. The van der Waals surface area contributed by atoms with Crippen molar-refractivity contribution in [1.82, 2.24) is 10.3 Å². The Bertz CT molecular complexity index is 448. The number of pyridine rings is 1. The maximum absolute atomic E-state index is 5.84. The molecule has 0 spiro atoms. The zero-order valence-electron chi connectivity index (χ0n) is 9.07. The predicted octanol–water partition coefficient (Wildman–Crippen LogP) is 3.12. The number of nitrogens with zero attached hydrogens (tertiary/aromatic N) is 1. The van der Waals surface area contributed by atoms with E-state index in [2.05, 4.69) is 16.4 Å². The molecule has 2 nitrogen and oxygen atoms in total. The Balaban J connectivity index is 2.24. The molecular formula is C13H13ClN2. The van der Waals surface area contributed by atoms with Crippen molar-refractivity contribution in [1.29, 1.82) is 0 Å². The number of rotatable bonds is 3. The van der Waals surface area contributed by atoms with Crippen LogP contribution in [0.25, 0.3) is 11.1 Å². The van der Waals surface area contributed by atoms with Crippen molar-refractivity contribution < 1.29 is 0 Å². The fourth-order valence-electron chi connectivity index (χ4n) is 1.52. The van der Waals surface area contributed by atoms with E-state index in [-0.39, 0.29) is 0 Å². The van der Waals surface area contributed by atoms with E-state index in [0.717, 1.165) is 28.4 Å². The van der Waals surface area contributed by atoms with Crippen molar-refractivity contribution in [3.63, 3.8) is 0 Å². The molecule has 0 unspecified atom stereocenters. The standard InChI is InChI=1S/C13H13ClN2/c1-15-9-13-7-4-11(8-16-13)10-2-5-12(14)6-3-10/h2-8,15H,9H2,1H3. The molecule has 1 heterocycles. The van der Waals surface area contributed by atoms with Crippen LogP contribution in [0.3, 0.4) is 0 Å². The van der Waals surface area contributed by atoms with Gasteiger partial charge in [0.25, 0.3) is 0 Å². The van der Waals surface area contributed by atoms with Gasteiger partial charge in [-0.05, 0) is 30.8 Å². The third-order valence-electron chi connectivity index (χ3n) is 2.36. The number of benzene rings is 1. The van der Waals surface area contributed by atoms with Crippen molar-refractivity contribution >= 4 is 11.6 Å². The highest BCUT2D eigenvalue weighted by molar-refractivity contribution is 6.30. The lowest BCUT2D eigenvalue weighted by molar-refractivity contribution is 0.791. The van der Waals surface area contributed by atoms with Gasteiger partial charge < -0.3 is 5.32 Å². The van der Waals surface area contributed by atoms with Crippen molar-refractivity contribution in [2.75, 3.05) is 7.05 Å². The Labute approximate surface area is 100 Å². The predicted molar refractivity (Wildman–Crippen MR) is 67.4 cm³/mol. The van der Waals surface area contributed by atoms with Gasteiger partial charge in [-0.3, -0.25) is 4.98 Å². The van der Waals surface area contributed by atoms with Crippen LogP contribution in [0.5, 0.6) is 0 Å². The molecule has 0 aliphatic rings. The molecule has 0 saturated carbocycles. The van der Waals surface area contributed by atoms with Crippen LogP contribution in [0.1, 0.15) is 5.69 Å². The van der Waals surface area contributed by atoms with E-state index in [1.807, 2.05) is 43.6 Å². The second kappa shape index (κ2) is 5.10. The Morgan fingerprint density at radius 1 is 1.06 bits per heavy atom. The summed E-state index contributed by atoms with van der Waals surface area (Å²) in [5.41, 5.74) is 3.28. The van der Waals surface area contributed by atoms with E-state index in [1.54, 1.807) is 0 Å². The van der Waals surface area contributed by atoms with Crippen LogP contribution in [-0.2, 0) is 6.54 Å². The van der Waals surface area contributed by atoms with Crippen molar-refractivity contribution in [2.45, 2.75) is 6.54 Å². The number of hydrogen-bond donors (Lipinski definition) is 1. The second-order valence-corrected chi connectivity index (χ2v) is 4.01. The highest BCUT2D eigenvalue weighted by atomic mass is 35.5. The average Bonchev–Trinajstić information content (AvgIpc) is 2.32. The summed E-state index contributed by atoms with van der Waals surface area (Å²) < 4.78 is 0. The number of halogens is 1. The summed E-state index contributed by atoms with van der Waals surface area (Å²) in [6.07, 6.45) is 1.88. The van der Waals surface area contributed by atoms with Crippen molar-refractivity contribution in [3.8, 4) is 11.1 Å². The molecule has 0 amide bonds. The first-order valence-corrected chi connectivity index (χ1v) is 5.53. The van der Waals surface area contributed by atoms with Crippen LogP contribution in [-0.4, -0.2) is 12.0 Å². The largest absolute Gasteiger partial charge is 0.314 e. The van der Waals surface area contributed by atoms with E-state index in [1.165, 1.54) is 0 Å².